The molecule has 0 amide bonds. The fourth-order valence-corrected chi connectivity index (χ4v) is 1.83. The van der Waals surface area contributed by atoms with Gasteiger partial charge in [-0.25, -0.2) is 0 Å². The van der Waals surface area contributed by atoms with E-state index in [-0.39, 0.29) is 6.61 Å². The fourth-order valence-electron chi connectivity index (χ4n) is 1.83. The van der Waals surface area contributed by atoms with Crippen LogP contribution in [0.2, 0.25) is 0 Å². The predicted octanol–water partition coefficient (Wildman–Crippen LogP) is 0.969. The van der Waals surface area contributed by atoms with Gasteiger partial charge in [0, 0.05) is 25.0 Å². The molecule has 60 valence electrons. The minimum atomic E-state index is 0.275. The normalized spacial score (nSPS) is 15.4. The van der Waals surface area contributed by atoms with Crippen molar-refractivity contribution in [2.45, 2.75) is 25.8 Å². The van der Waals surface area contributed by atoms with Crippen molar-refractivity contribution < 1.29 is 5.11 Å². The van der Waals surface area contributed by atoms with E-state index < -0.39 is 0 Å². The van der Waals surface area contributed by atoms with Crippen molar-refractivity contribution in [3.05, 3.63) is 23.5 Å². The molecule has 2 heterocycles. The van der Waals surface area contributed by atoms with E-state index in [0.29, 0.717) is 0 Å². The molecule has 1 aliphatic heterocycles. The third-order valence-corrected chi connectivity index (χ3v) is 2.37. The highest BCUT2D eigenvalue weighted by Crippen LogP contribution is 2.20. The van der Waals surface area contributed by atoms with Gasteiger partial charge in [-0.3, -0.25) is 0 Å². The van der Waals surface area contributed by atoms with Crippen LogP contribution in [0, 0.1) is 0 Å². The first-order chi connectivity index (χ1) is 5.42. The molecule has 0 saturated heterocycles. The largest absolute Gasteiger partial charge is 0.396 e. The van der Waals surface area contributed by atoms with Gasteiger partial charge < -0.3 is 9.67 Å². The molecule has 1 aromatic heterocycles. The Bertz CT molecular complexity index is 252. The summed E-state index contributed by atoms with van der Waals surface area (Å²) in [5, 5.41) is 8.76. The molecule has 2 rings (SSSR count). The van der Waals surface area contributed by atoms with Crippen molar-refractivity contribution in [1.29, 1.82) is 0 Å². The highest BCUT2D eigenvalue weighted by atomic mass is 16.2. The molecule has 0 bridgehead atoms. The Morgan fingerprint density at radius 1 is 1.55 bits per heavy atom. The van der Waals surface area contributed by atoms with Crippen LogP contribution in [0.4, 0.5) is 0 Å². The highest BCUT2D eigenvalue weighted by Gasteiger charge is 2.13. The smallest absolute Gasteiger partial charge is 0.0472 e. The lowest BCUT2D eigenvalue weighted by Gasteiger charge is -1.97. The molecule has 0 aliphatic carbocycles. The average Bonchev–Trinajstić information content (AvgIpc) is 2.53. The van der Waals surface area contributed by atoms with Crippen molar-refractivity contribution in [3.8, 4) is 0 Å². The van der Waals surface area contributed by atoms with Crippen LogP contribution in [0.1, 0.15) is 17.7 Å². The van der Waals surface area contributed by atoms with Crippen LogP contribution < -0.4 is 0 Å². The van der Waals surface area contributed by atoms with E-state index in [0.717, 1.165) is 6.42 Å². The van der Waals surface area contributed by atoms with E-state index in [1.54, 1.807) is 0 Å². The molecule has 1 N–H and O–H groups in total. The van der Waals surface area contributed by atoms with Crippen LogP contribution in [0.3, 0.4) is 0 Å². The van der Waals surface area contributed by atoms with Gasteiger partial charge in [-0.15, -0.1) is 0 Å². The lowest BCUT2D eigenvalue weighted by Crippen LogP contribution is -1.94. The van der Waals surface area contributed by atoms with E-state index in [9.17, 15) is 0 Å². The molecule has 1 aromatic rings. The molecule has 0 saturated carbocycles. The second kappa shape index (κ2) is 2.70. The van der Waals surface area contributed by atoms with Gasteiger partial charge >= 0.3 is 0 Å². The maximum atomic E-state index is 8.76. The Balaban J connectivity index is 2.27. The number of aryl methyl sites for hydroxylation is 1. The zero-order chi connectivity index (χ0) is 7.68. The Morgan fingerprint density at radius 2 is 2.45 bits per heavy atom. The average molecular weight is 151 g/mol. The van der Waals surface area contributed by atoms with Crippen molar-refractivity contribution >= 4 is 0 Å². The second-order valence-corrected chi connectivity index (χ2v) is 3.06. The van der Waals surface area contributed by atoms with E-state index in [2.05, 4.69) is 16.8 Å². The molecule has 0 unspecified atom stereocenters. The summed E-state index contributed by atoms with van der Waals surface area (Å²) in [4.78, 5) is 0. The van der Waals surface area contributed by atoms with Gasteiger partial charge in [0.15, 0.2) is 0 Å². The van der Waals surface area contributed by atoms with Gasteiger partial charge in [0.1, 0.15) is 0 Å². The topological polar surface area (TPSA) is 25.2 Å². The van der Waals surface area contributed by atoms with Gasteiger partial charge in [0.05, 0.1) is 0 Å². The van der Waals surface area contributed by atoms with Crippen molar-refractivity contribution in [2.75, 3.05) is 6.61 Å². The number of fused-ring (bicyclic) bond motifs is 1. The SMILES string of the molecule is OCCc1ccn2c1CCC2. The number of aromatic nitrogens is 1. The third-order valence-electron chi connectivity index (χ3n) is 2.37. The molecule has 0 aromatic carbocycles. The molecule has 2 nitrogen and oxygen atoms in total. The number of aliphatic hydroxyl groups is 1. The lowest BCUT2D eigenvalue weighted by atomic mass is 10.1. The minimum absolute atomic E-state index is 0.275. The molecule has 0 atom stereocenters. The Kier molecular flexibility index (Phi) is 1.70. The molecule has 0 fully saturated rings. The van der Waals surface area contributed by atoms with Crippen molar-refractivity contribution in [3.63, 3.8) is 0 Å². The fraction of sp³-hybridized carbons (Fsp3) is 0.556. The third kappa shape index (κ3) is 1.07. The number of aliphatic hydroxyl groups excluding tert-OH is 1. The van der Waals surface area contributed by atoms with Crippen LogP contribution in [0.15, 0.2) is 12.3 Å². The monoisotopic (exact) mass is 151 g/mol. The zero-order valence-corrected chi connectivity index (χ0v) is 6.58. The number of hydrogen-bond acceptors (Lipinski definition) is 1. The van der Waals surface area contributed by atoms with Crippen LogP contribution in [-0.4, -0.2) is 16.3 Å². The van der Waals surface area contributed by atoms with Crippen molar-refractivity contribution in [1.82, 2.24) is 4.57 Å². The van der Waals surface area contributed by atoms with Gasteiger partial charge in [-0.2, -0.15) is 0 Å². The van der Waals surface area contributed by atoms with E-state index in [1.807, 2.05) is 0 Å². The molecular formula is C9H13NO. The summed E-state index contributed by atoms with van der Waals surface area (Å²) in [5.41, 5.74) is 2.78. The van der Waals surface area contributed by atoms with E-state index in [4.69, 9.17) is 5.11 Å². The highest BCUT2D eigenvalue weighted by molar-refractivity contribution is 5.24. The van der Waals surface area contributed by atoms with Gasteiger partial charge in [-0.05, 0) is 30.9 Å². The van der Waals surface area contributed by atoms with Crippen LogP contribution in [-0.2, 0) is 19.4 Å². The van der Waals surface area contributed by atoms with Crippen LogP contribution in [0.25, 0.3) is 0 Å². The lowest BCUT2D eigenvalue weighted by molar-refractivity contribution is 0.299. The maximum absolute atomic E-state index is 8.76. The van der Waals surface area contributed by atoms with Gasteiger partial charge in [0.25, 0.3) is 0 Å². The summed E-state index contributed by atoms with van der Waals surface area (Å²) in [5.74, 6) is 0. The second-order valence-electron chi connectivity index (χ2n) is 3.06. The first kappa shape index (κ1) is 6.92. The molecule has 1 aliphatic rings. The summed E-state index contributed by atoms with van der Waals surface area (Å²) >= 11 is 0. The summed E-state index contributed by atoms with van der Waals surface area (Å²) in [6.45, 7) is 1.44. The zero-order valence-electron chi connectivity index (χ0n) is 6.58. The Labute approximate surface area is 66.5 Å². The first-order valence-corrected chi connectivity index (χ1v) is 4.19. The molecule has 11 heavy (non-hydrogen) atoms. The van der Waals surface area contributed by atoms with E-state index in [1.165, 1.54) is 30.6 Å². The number of nitrogens with zero attached hydrogens (tertiary/aromatic N) is 1. The molecular weight excluding hydrogens is 138 g/mol. The molecule has 0 spiro atoms. The number of rotatable bonds is 2. The summed E-state index contributed by atoms with van der Waals surface area (Å²) in [6, 6.07) is 2.13. The Hall–Kier alpha value is -0.760. The van der Waals surface area contributed by atoms with Gasteiger partial charge in [-0.1, -0.05) is 0 Å². The predicted molar refractivity (Wildman–Crippen MR) is 43.5 cm³/mol. The van der Waals surface area contributed by atoms with E-state index >= 15 is 0 Å². The van der Waals surface area contributed by atoms with Gasteiger partial charge in [0.2, 0.25) is 0 Å². The number of hydrogen-bond donors (Lipinski definition) is 1. The van der Waals surface area contributed by atoms with Crippen LogP contribution >= 0.6 is 0 Å². The summed E-state index contributed by atoms with van der Waals surface area (Å²) in [6.07, 6.45) is 5.42. The first-order valence-electron chi connectivity index (χ1n) is 4.19. The van der Waals surface area contributed by atoms with Crippen molar-refractivity contribution in [2.24, 2.45) is 0 Å². The van der Waals surface area contributed by atoms with Crippen LogP contribution in [0.5, 0.6) is 0 Å². The molecule has 2 heteroatoms. The summed E-state index contributed by atoms with van der Waals surface area (Å²) in [7, 11) is 0. The standard InChI is InChI=1S/C9H13NO/c11-7-4-8-3-6-10-5-1-2-9(8)10/h3,6,11H,1-2,4-5,7H2. The minimum Gasteiger partial charge on any atom is -0.396 e. The molecule has 0 radical (unpaired) electrons. The maximum Gasteiger partial charge on any atom is 0.0472 e. The quantitative estimate of drug-likeness (QED) is 0.669. The Morgan fingerprint density at radius 3 is 3.27 bits per heavy atom. The summed E-state index contributed by atoms with van der Waals surface area (Å²) < 4.78 is 2.30.